The summed E-state index contributed by atoms with van der Waals surface area (Å²) < 4.78 is 5.69. The third kappa shape index (κ3) is 4.62. The Balaban J connectivity index is 2.11. The van der Waals surface area contributed by atoms with Gasteiger partial charge in [0.2, 0.25) is 5.91 Å². The molecule has 1 saturated carbocycles. The predicted molar refractivity (Wildman–Crippen MR) is 59.2 cm³/mol. The lowest BCUT2D eigenvalue weighted by Crippen LogP contribution is -2.37. The summed E-state index contributed by atoms with van der Waals surface area (Å²) in [6.45, 7) is 2.80. The van der Waals surface area contributed by atoms with Crippen LogP contribution in [0.2, 0.25) is 0 Å². The summed E-state index contributed by atoms with van der Waals surface area (Å²) in [6.07, 6.45) is 5.70. The number of hydrogen-bond donors (Lipinski definition) is 2. The molecule has 4 heteroatoms. The van der Waals surface area contributed by atoms with Crippen LogP contribution in [0.15, 0.2) is 0 Å². The standard InChI is InChI=1S/C11H22N2O2/c1-8-3-2-4-9(7-8)15-6-5-10(12)11(13)14/h8-10H,2-7,12H2,1H3,(H2,13,14). The maximum atomic E-state index is 10.7. The van der Waals surface area contributed by atoms with E-state index in [9.17, 15) is 4.79 Å². The summed E-state index contributed by atoms with van der Waals surface area (Å²) in [5, 5.41) is 0. The number of primary amides is 1. The van der Waals surface area contributed by atoms with Crippen LogP contribution in [-0.2, 0) is 9.53 Å². The number of nitrogens with two attached hydrogens (primary N) is 2. The Hall–Kier alpha value is -0.610. The monoisotopic (exact) mass is 214 g/mol. The van der Waals surface area contributed by atoms with Gasteiger partial charge in [0.25, 0.3) is 0 Å². The van der Waals surface area contributed by atoms with Gasteiger partial charge in [0.05, 0.1) is 12.1 Å². The van der Waals surface area contributed by atoms with Crippen LogP contribution < -0.4 is 11.5 Å². The number of carbonyl (C=O) groups excluding carboxylic acids is 1. The van der Waals surface area contributed by atoms with Gasteiger partial charge in [-0.3, -0.25) is 4.79 Å². The summed E-state index contributed by atoms with van der Waals surface area (Å²) in [7, 11) is 0. The molecule has 1 rings (SSSR count). The quantitative estimate of drug-likeness (QED) is 0.710. The van der Waals surface area contributed by atoms with Crippen molar-refractivity contribution in [3.8, 4) is 0 Å². The first-order valence-electron chi connectivity index (χ1n) is 5.76. The van der Waals surface area contributed by atoms with Gasteiger partial charge in [-0.05, 0) is 25.2 Å². The summed E-state index contributed by atoms with van der Waals surface area (Å²) >= 11 is 0. The van der Waals surface area contributed by atoms with Crippen LogP contribution in [0.4, 0.5) is 0 Å². The van der Waals surface area contributed by atoms with Crippen LogP contribution in [0.5, 0.6) is 0 Å². The second-order valence-corrected chi connectivity index (χ2v) is 4.56. The predicted octanol–water partition coefficient (Wildman–Crippen LogP) is 0.784. The molecule has 1 aliphatic rings. The van der Waals surface area contributed by atoms with Gasteiger partial charge in [-0.2, -0.15) is 0 Å². The summed E-state index contributed by atoms with van der Waals surface area (Å²) in [4.78, 5) is 10.7. The fourth-order valence-corrected chi connectivity index (χ4v) is 2.03. The summed E-state index contributed by atoms with van der Waals surface area (Å²) in [5.74, 6) is 0.309. The molecule has 15 heavy (non-hydrogen) atoms. The van der Waals surface area contributed by atoms with Gasteiger partial charge in [-0.1, -0.05) is 19.8 Å². The normalized spacial score (nSPS) is 28.7. The molecule has 1 aliphatic carbocycles. The van der Waals surface area contributed by atoms with Crippen molar-refractivity contribution in [2.24, 2.45) is 17.4 Å². The molecular formula is C11H22N2O2. The molecule has 0 aromatic carbocycles. The second kappa shape index (κ2) is 6.08. The molecule has 1 fully saturated rings. The smallest absolute Gasteiger partial charge is 0.234 e. The van der Waals surface area contributed by atoms with Gasteiger partial charge in [0.15, 0.2) is 0 Å². The molecule has 0 aliphatic heterocycles. The Morgan fingerprint density at radius 2 is 2.27 bits per heavy atom. The SMILES string of the molecule is CC1CCCC(OCCC(N)C(N)=O)C1. The van der Waals surface area contributed by atoms with Gasteiger partial charge in [0, 0.05) is 6.61 Å². The number of ether oxygens (including phenoxy) is 1. The molecule has 0 aromatic rings. The number of carbonyl (C=O) groups is 1. The van der Waals surface area contributed by atoms with E-state index in [2.05, 4.69) is 6.92 Å². The highest BCUT2D eigenvalue weighted by atomic mass is 16.5. The molecule has 4 N–H and O–H groups in total. The minimum absolute atomic E-state index is 0.355. The molecule has 0 radical (unpaired) electrons. The minimum atomic E-state index is -0.564. The van der Waals surface area contributed by atoms with Crippen molar-refractivity contribution in [2.45, 2.75) is 51.2 Å². The highest BCUT2D eigenvalue weighted by Crippen LogP contribution is 2.25. The van der Waals surface area contributed by atoms with E-state index in [0.717, 1.165) is 18.8 Å². The molecule has 0 aromatic heterocycles. The van der Waals surface area contributed by atoms with Crippen LogP contribution >= 0.6 is 0 Å². The lowest BCUT2D eigenvalue weighted by molar-refractivity contribution is -0.119. The van der Waals surface area contributed by atoms with Crippen LogP contribution in [0, 0.1) is 5.92 Å². The van der Waals surface area contributed by atoms with Gasteiger partial charge >= 0.3 is 0 Å². The van der Waals surface area contributed by atoms with Crippen LogP contribution in [0.3, 0.4) is 0 Å². The average molecular weight is 214 g/mol. The lowest BCUT2D eigenvalue weighted by atomic mass is 9.89. The Labute approximate surface area is 91.3 Å². The number of rotatable bonds is 5. The fraction of sp³-hybridized carbons (Fsp3) is 0.909. The Morgan fingerprint density at radius 3 is 2.87 bits per heavy atom. The third-order valence-electron chi connectivity index (χ3n) is 3.04. The zero-order valence-corrected chi connectivity index (χ0v) is 9.45. The van der Waals surface area contributed by atoms with E-state index in [-0.39, 0.29) is 0 Å². The number of amides is 1. The first kappa shape index (κ1) is 12.5. The van der Waals surface area contributed by atoms with Crippen molar-refractivity contribution in [2.75, 3.05) is 6.61 Å². The van der Waals surface area contributed by atoms with Crippen LogP contribution in [0.1, 0.15) is 39.0 Å². The lowest BCUT2D eigenvalue weighted by Gasteiger charge is -2.27. The fourth-order valence-electron chi connectivity index (χ4n) is 2.03. The van der Waals surface area contributed by atoms with E-state index in [1.165, 1.54) is 12.8 Å². The van der Waals surface area contributed by atoms with Crippen molar-refractivity contribution in [3.63, 3.8) is 0 Å². The van der Waals surface area contributed by atoms with E-state index >= 15 is 0 Å². The molecule has 0 bridgehead atoms. The molecule has 1 amide bonds. The van der Waals surface area contributed by atoms with Gasteiger partial charge in [-0.15, -0.1) is 0 Å². The highest BCUT2D eigenvalue weighted by Gasteiger charge is 2.19. The van der Waals surface area contributed by atoms with Crippen LogP contribution in [0.25, 0.3) is 0 Å². The van der Waals surface area contributed by atoms with Gasteiger partial charge in [0.1, 0.15) is 0 Å². The highest BCUT2D eigenvalue weighted by molar-refractivity contribution is 5.79. The second-order valence-electron chi connectivity index (χ2n) is 4.56. The first-order valence-corrected chi connectivity index (χ1v) is 5.76. The van der Waals surface area contributed by atoms with E-state index in [1.54, 1.807) is 0 Å². The number of hydrogen-bond acceptors (Lipinski definition) is 3. The molecule has 4 nitrogen and oxygen atoms in total. The third-order valence-corrected chi connectivity index (χ3v) is 3.04. The van der Waals surface area contributed by atoms with E-state index < -0.39 is 11.9 Å². The molecule has 3 unspecified atom stereocenters. The largest absolute Gasteiger partial charge is 0.378 e. The molecule has 0 spiro atoms. The molecule has 0 heterocycles. The van der Waals surface area contributed by atoms with E-state index in [1.807, 2.05) is 0 Å². The maximum Gasteiger partial charge on any atom is 0.234 e. The molecular weight excluding hydrogens is 192 g/mol. The van der Waals surface area contributed by atoms with Crippen molar-refractivity contribution >= 4 is 5.91 Å². The molecule has 0 saturated heterocycles. The summed E-state index contributed by atoms with van der Waals surface area (Å²) in [6, 6.07) is -0.564. The van der Waals surface area contributed by atoms with Gasteiger partial charge < -0.3 is 16.2 Å². The van der Waals surface area contributed by atoms with Crippen molar-refractivity contribution in [1.29, 1.82) is 0 Å². The minimum Gasteiger partial charge on any atom is -0.378 e. The first-order chi connectivity index (χ1) is 7.09. The molecule has 3 atom stereocenters. The van der Waals surface area contributed by atoms with Crippen molar-refractivity contribution < 1.29 is 9.53 Å². The average Bonchev–Trinajstić information content (AvgIpc) is 2.17. The summed E-state index contributed by atoms with van der Waals surface area (Å²) in [5.41, 5.74) is 10.6. The van der Waals surface area contributed by atoms with Crippen LogP contribution in [-0.4, -0.2) is 24.7 Å². The Kier molecular flexibility index (Phi) is 5.05. The Morgan fingerprint density at radius 1 is 1.53 bits per heavy atom. The van der Waals surface area contributed by atoms with Gasteiger partial charge in [-0.25, -0.2) is 0 Å². The Bertz CT molecular complexity index is 209. The zero-order chi connectivity index (χ0) is 11.3. The van der Waals surface area contributed by atoms with E-state index in [0.29, 0.717) is 19.1 Å². The topological polar surface area (TPSA) is 78.3 Å². The zero-order valence-electron chi connectivity index (χ0n) is 9.45. The van der Waals surface area contributed by atoms with E-state index in [4.69, 9.17) is 16.2 Å². The molecule has 88 valence electrons. The van der Waals surface area contributed by atoms with Crippen molar-refractivity contribution in [3.05, 3.63) is 0 Å². The van der Waals surface area contributed by atoms with Crippen molar-refractivity contribution in [1.82, 2.24) is 0 Å². The maximum absolute atomic E-state index is 10.7.